The molecule has 4 rings (SSSR count). The topological polar surface area (TPSA) is 47.4 Å². The third-order valence-corrected chi connectivity index (χ3v) is 5.73. The Morgan fingerprint density at radius 3 is 2.50 bits per heavy atom. The molecule has 1 saturated heterocycles. The van der Waals surface area contributed by atoms with Gasteiger partial charge in [-0.1, -0.05) is 0 Å². The molecule has 0 amide bonds. The van der Waals surface area contributed by atoms with Crippen LogP contribution >= 0.6 is 0 Å². The molecule has 146 valence electrons. The van der Waals surface area contributed by atoms with E-state index in [2.05, 4.69) is 14.5 Å². The second-order valence-electron chi connectivity index (χ2n) is 7.31. The van der Waals surface area contributed by atoms with Crippen molar-refractivity contribution in [1.29, 1.82) is 0 Å². The maximum Gasteiger partial charge on any atom is 0.165 e. The first-order valence-electron chi connectivity index (χ1n) is 9.55. The lowest BCUT2D eigenvalue weighted by Gasteiger charge is -2.35. The molecule has 1 aliphatic rings. The van der Waals surface area contributed by atoms with Gasteiger partial charge in [0.2, 0.25) is 0 Å². The molecule has 0 saturated carbocycles. The van der Waals surface area contributed by atoms with Gasteiger partial charge in [-0.15, -0.1) is 0 Å². The molecule has 0 atom stereocenters. The van der Waals surface area contributed by atoms with E-state index in [0.717, 1.165) is 37.1 Å². The van der Waals surface area contributed by atoms with Crippen molar-refractivity contribution in [2.75, 3.05) is 25.1 Å². The molecule has 0 unspecified atom stereocenters. The molecule has 0 aliphatic carbocycles. The fourth-order valence-electron chi connectivity index (χ4n) is 4.45. The summed E-state index contributed by atoms with van der Waals surface area (Å²) in [5.41, 5.74) is 3.55. The number of ether oxygens (including phenoxy) is 1. The van der Waals surface area contributed by atoms with Crippen molar-refractivity contribution < 1.29 is 13.9 Å². The van der Waals surface area contributed by atoms with Gasteiger partial charge in [-0.2, -0.15) is 0 Å². The zero-order valence-electron chi connectivity index (χ0n) is 16.4. The van der Waals surface area contributed by atoms with E-state index in [-0.39, 0.29) is 17.6 Å². The molecule has 3 aromatic rings. The van der Waals surface area contributed by atoms with E-state index < -0.39 is 5.82 Å². The molecule has 3 heterocycles. The molecule has 6 heteroatoms. The van der Waals surface area contributed by atoms with Crippen LogP contribution < -0.4 is 9.64 Å². The van der Waals surface area contributed by atoms with Crippen molar-refractivity contribution in [3.8, 4) is 5.75 Å². The van der Waals surface area contributed by atoms with Crippen molar-refractivity contribution in [3.05, 3.63) is 53.7 Å². The van der Waals surface area contributed by atoms with E-state index in [9.17, 15) is 9.18 Å². The monoisotopic (exact) mass is 381 g/mol. The number of benzene rings is 1. The standard InChI is InChI=1S/C22H24FN3O2/c1-14-22(15(2)27)18-12-19(23)21(28-3)13-20(18)26(14)17-6-10-25(11-7-17)16-4-8-24-9-5-16/h4-5,8-9,12-13,17H,6-7,10-11H2,1-3H3. The largest absolute Gasteiger partial charge is 0.494 e. The number of carbonyl (C=O) groups is 1. The van der Waals surface area contributed by atoms with E-state index in [1.54, 1.807) is 13.0 Å². The fourth-order valence-corrected chi connectivity index (χ4v) is 4.45. The van der Waals surface area contributed by atoms with Crippen LogP contribution in [0.4, 0.5) is 10.1 Å². The number of aromatic nitrogens is 2. The van der Waals surface area contributed by atoms with Crippen LogP contribution in [-0.4, -0.2) is 35.5 Å². The highest BCUT2D eigenvalue weighted by molar-refractivity contribution is 6.08. The lowest BCUT2D eigenvalue weighted by molar-refractivity contribution is 0.101. The zero-order chi connectivity index (χ0) is 19.8. The van der Waals surface area contributed by atoms with Crippen molar-refractivity contribution in [2.45, 2.75) is 32.7 Å². The third kappa shape index (κ3) is 3.03. The fraction of sp³-hybridized carbons (Fsp3) is 0.364. The van der Waals surface area contributed by atoms with Gasteiger partial charge in [0.25, 0.3) is 0 Å². The van der Waals surface area contributed by atoms with Crippen LogP contribution in [0.1, 0.15) is 41.9 Å². The van der Waals surface area contributed by atoms with Crippen LogP contribution in [0.2, 0.25) is 0 Å². The average Bonchev–Trinajstić information content (AvgIpc) is 2.99. The Balaban J connectivity index is 1.73. The number of hydrogen-bond acceptors (Lipinski definition) is 4. The van der Waals surface area contributed by atoms with Crippen LogP contribution in [0.3, 0.4) is 0 Å². The molecule has 1 aromatic carbocycles. The molecule has 0 bridgehead atoms. The maximum atomic E-state index is 14.3. The number of hydrogen-bond donors (Lipinski definition) is 0. The quantitative estimate of drug-likeness (QED) is 0.623. The van der Waals surface area contributed by atoms with Gasteiger partial charge in [0, 0.05) is 59.9 Å². The van der Waals surface area contributed by atoms with Crippen LogP contribution in [-0.2, 0) is 0 Å². The number of carbonyl (C=O) groups excluding carboxylic acids is 1. The number of rotatable bonds is 4. The summed E-state index contributed by atoms with van der Waals surface area (Å²) >= 11 is 0. The van der Waals surface area contributed by atoms with Gasteiger partial charge in [-0.05, 0) is 44.9 Å². The number of pyridine rings is 1. The summed E-state index contributed by atoms with van der Waals surface area (Å²) in [6, 6.07) is 7.46. The highest BCUT2D eigenvalue weighted by atomic mass is 19.1. The summed E-state index contributed by atoms with van der Waals surface area (Å²) in [5.74, 6) is -0.280. The summed E-state index contributed by atoms with van der Waals surface area (Å²) in [4.78, 5) is 18.7. The first-order valence-corrected chi connectivity index (χ1v) is 9.55. The molecular weight excluding hydrogens is 357 g/mol. The second-order valence-corrected chi connectivity index (χ2v) is 7.31. The number of methoxy groups -OCH3 is 1. The van der Waals surface area contributed by atoms with Crippen molar-refractivity contribution in [1.82, 2.24) is 9.55 Å². The lowest BCUT2D eigenvalue weighted by Crippen LogP contribution is -2.34. The van der Waals surface area contributed by atoms with Gasteiger partial charge in [0.05, 0.1) is 12.6 Å². The average molecular weight is 381 g/mol. The smallest absolute Gasteiger partial charge is 0.165 e. The van der Waals surface area contributed by atoms with Crippen LogP contribution in [0.5, 0.6) is 5.75 Å². The number of nitrogens with zero attached hydrogens (tertiary/aromatic N) is 3. The van der Waals surface area contributed by atoms with E-state index in [1.165, 1.54) is 18.9 Å². The predicted molar refractivity (Wildman–Crippen MR) is 108 cm³/mol. The van der Waals surface area contributed by atoms with Crippen LogP contribution in [0.25, 0.3) is 10.9 Å². The Kier molecular flexibility index (Phi) is 4.79. The van der Waals surface area contributed by atoms with E-state index in [1.807, 2.05) is 31.5 Å². The van der Waals surface area contributed by atoms with E-state index in [4.69, 9.17) is 4.74 Å². The number of fused-ring (bicyclic) bond motifs is 1. The minimum atomic E-state index is -0.442. The number of piperidine rings is 1. The summed E-state index contributed by atoms with van der Waals surface area (Å²) in [7, 11) is 1.46. The molecule has 28 heavy (non-hydrogen) atoms. The van der Waals surface area contributed by atoms with Gasteiger partial charge in [0.1, 0.15) is 0 Å². The summed E-state index contributed by atoms with van der Waals surface area (Å²) < 4.78 is 21.7. The Morgan fingerprint density at radius 1 is 1.21 bits per heavy atom. The Morgan fingerprint density at radius 2 is 1.89 bits per heavy atom. The Labute approximate surface area is 163 Å². The number of ketones is 1. The molecule has 5 nitrogen and oxygen atoms in total. The van der Waals surface area contributed by atoms with Gasteiger partial charge in [-0.25, -0.2) is 4.39 Å². The Bertz CT molecular complexity index is 1020. The first kappa shape index (κ1) is 18.5. The molecule has 1 fully saturated rings. The molecule has 2 aromatic heterocycles. The summed E-state index contributed by atoms with van der Waals surface area (Å²) in [5, 5.41) is 0.667. The number of halogens is 1. The normalized spacial score (nSPS) is 15.2. The predicted octanol–water partition coefficient (Wildman–Crippen LogP) is 4.54. The zero-order valence-corrected chi connectivity index (χ0v) is 16.4. The Hall–Kier alpha value is -2.89. The molecule has 0 radical (unpaired) electrons. The first-order chi connectivity index (χ1) is 13.5. The highest BCUT2D eigenvalue weighted by Crippen LogP contribution is 2.37. The SMILES string of the molecule is COc1cc2c(cc1F)c(C(C)=O)c(C)n2C1CCN(c2ccncc2)CC1. The number of anilines is 1. The van der Waals surface area contributed by atoms with Crippen LogP contribution in [0.15, 0.2) is 36.7 Å². The van der Waals surface area contributed by atoms with Gasteiger partial charge in [0.15, 0.2) is 17.3 Å². The minimum Gasteiger partial charge on any atom is -0.494 e. The van der Waals surface area contributed by atoms with E-state index in [0.29, 0.717) is 10.9 Å². The van der Waals surface area contributed by atoms with Gasteiger partial charge >= 0.3 is 0 Å². The third-order valence-electron chi connectivity index (χ3n) is 5.73. The van der Waals surface area contributed by atoms with Gasteiger partial charge in [-0.3, -0.25) is 9.78 Å². The van der Waals surface area contributed by atoms with Crippen molar-refractivity contribution >= 4 is 22.4 Å². The molecule has 1 aliphatic heterocycles. The van der Waals surface area contributed by atoms with Crippen LogP contribution in [0, 0.1) is 12.7 Å². The maximum absolute atomic E-state index is 14.3. The molecular formula is C22H24FN3O2. The molecule has 0 spiro atoms. The minimum absolute atomic E-state index is 0.0416. The van der Waals surface area contributed by atoms with E-state index >= 15 is 0 Å². The van der Waals surface area contributed by atoms with Crippen molar-refractivity contribution in [3.63, 3.8) is 0 Å². The van der Waals surface area contributed by atoms with Gasteiger partial charge < -0.3 is 14.2 Å². The molecule has 0 N–H and O–H groups in total. The lowest BCUT2D eigenvalue weighted by atomic mass is 10.0. The second kappa shape index (κ2) is 7.26. The summed E-state index contributed by atoms with van der Waals surface area (Å²) in [6.45, 7) is 5.33. The summed E-state index contributed by atoms with van der Waals surface area (Å²) in [6.07, 6.45) is 5.52. The number of Topliss-reactive ketones (excluding diaryl/α,β-unsaturated/α-hetero) is 1. The highest BCUT2D eigenvalue weighted by Gasteiger charge is 2.27. The van der Waals surface area contributed by atoms with Crippen molar-refractivity contribution in [2.24, 2.45) is 0 Å².